The fourth-order valence-electron chi connectivity index (χ4n) is 2.13. The summed E-state index contributed by atoms with van der Waals surface area (Å²) in [6.07, 6.45) is 9.67. The lowest BCUT2D eigenvalue weighted by atomic mass is 10.0. The van der Waals surface area contributed by atoms with E-state index in [1.807, 2.05) is 0 Å². The Hall–Kier alpha value is -0.830. The molecule has 0 spiro atoms. The molecule has 2 rings (SSSR count). The van der Waals surface area contributed by atoms with E-state index in [0.29, 0.717) is 6.04 Å². The zero-order chi connectivity index (χ0) is 9.80. The van der Waals surface area contributed by atoms with Crippen LogP contribution in [-0.2, 0) is 4.79 Å². The van der Waals surface area contributed by atoms with Crippen LogP contribution in [0, 0.1) is 0 Å². The van der Waals surface area contributed by atoms with E-state index in [-0.39, 0.29) is 11.9 Å². The van der Waals surface area contributed by atoms with Gasteiger partial charge in [-0.3, -0.25) is 4.79 Å². The lowest BCUT2D eigenvalue weighted by molar-refractivity contribution is -0.123. The molecule has 1 saturated heterocycles. The van der Waals surface area contributed by atoms with Gasteiger partial charge in [0.2, 0.25) is 5.91 Å². The molecule has 0 radical (unpaired) electrons. The first-order valence-corrected chi connectivity index (χ1v) is 5.55. The largest absolute Gasteiger partial charge is 0.352 e. The Morgan fingerprint density at radius 3 is 2.93 bits per heavy atom. The van der Waals surface area contributed by atoms with Crippen molar-refractivity contribution >= 4 is 5.91 Å². The predicted octanol–water partition coefficient (Wildman–Crippen LogP) is 0.963. The summed E-state index contributed by atoms with van der Waals surface area (Å²) >= 11 is 0. The average Bonchev–Trinajstić information content (AvgIpc) is 2.72. The van der Waals surface area contributed by atoms with Gasteiger partial charge < -0.3 is 10.6 Å². The predicted molar refractivity (Wildman–Crippen MR) is 55.9 cm³/mol. The monoisotopic (exact) mass is 194 g/mol. The van der Waals surface area contributed by atoms with Gasteiger partial charge in [-0.25, -0.2) is 0 Å². The van der Waals surface area contributed by atoms with Crippen molar-refractivity contribution in [2.24, 2.45) is 0 Å². The normalized spacial score (nSPS) is 31.7. The highest BCUT2D eigenvalue weighted by atomic mass is 16.2. The quantitative estimate of drug-likeness (QED) is 0.643. The molecule has 0 saturated carbocycles. The Labute approximate surface area is 84.9 Å². The van der Waals surface area contributed by atoms with Crippen LogP contribution >= 0.6 is 0 Å². The molecule has 14 heavy (non-hydrogen) atoms. The summed E-state index contributed by atoms with van der Waals surface area (Å²) < 4.78 is 0. The molecule has 3 heteroatoms. The van der Waals surface area contributed by atoms with Gasteiger partial charge in [0.05, 0.1) is 6.04 Å². The van der Waals surface area contributed by atoms with Gasteiger partial charge in [-0.05, 0) is 38.6 Å². The summed E-state index contributed by atoms with van der Waals surface area (Å²) in [6, 6.07) is 0.441. The van der Waals surface area contributed by atoms with Crippen LogP contribution in [0.25, 0.3) is 0 Å². The van der Waals surface area contributed by atoms with Crippen molar-refractivity contribution in [2.75, 3.05) is 6.54 Å². The highest BCUT2D eigenvalue weighted by Crippen LogP contribution is 2.12. The standard InChI is InChI=1S/C11H18N2O/c14-11(10-7-4-8-12-10)13-9-5-2-1-3-6-9/h1-2,9-10,12H,3-8H2,(H,13,14). The first-order valence-electron chi connectivity index (χ1n) is 5.55. The van der Waals surface area contributed by atoms with Gasteiger partial charge >= 0.3 is 0 Å². The minimum Gasteiger partial charge on any atom is -0.352 e. The third-order valence-electron chi connectivity index (χ3n) is 2.99. The number of carbonyl (C=O) groups excluding carboxylic acids is 1. The third kappa shape index (κ3) is 2.35. The molecule has 0 aromatic carbocycles. The Morgan fingerprint density at radius 1 is 1.36 bits per heavy atom. The second kappa shape index (κ2) is 4.60. The Bertz CT molecular complexity index is 231. The minimum absolute atomic E-state index is 0.0703. The van der Waals surface area contributed by atoms with Crippen molar-refractivity contribution < 1.29 is 4.79 Å². The topological polar surface area (TPSA) is 41.1 Å². The summed E-state index contributed by atoms with van der Waals surface area (Å²) in [7, 11) is 0. The van der Waals surface area contributed by atoms with Gasteiger partial charge in [0, 0.05) is 6.04 Å². The maximum absolute atomic E-state index is 11.7. The van der Waals surface area contributed by atoms with Crippen molar-refractivity contribution in [3.05, 3.63) is 12.2 Å². The van der Waals surface area contributed by atoms with Gasteiger partial charge in [-0.2, -0.15) is 0 Å². The molecule has 2 unspecified atom stereocenters. The zero-order valence-electron chi connectivity index (χ0n) is 8.46. The molecule has 1 aliphatic carbocycles. The third-order valence-corrected chi connectivity index (χ3v) is 2.99. The van der Waals surface area contributed by atoms with Crippen LogP contribution in [-0.4, -0.2) is 24.5 Å². The van der Waals surface area contributed by atoms with Crippen LogP contribution in [0.3, 0.4) is 0 Å². The number of nitrogens with one attached hydrogen (secondary N) is 2. The van der Waals surface area contributed by atoms with Crippen LogP contribution in [0.4, 0.5) is 0 Å². The molecule has 0 aromatic heterocycles. The average molecular weight is 194 g/mol. The lowest BCUT2D eigenvalue weighted by Gasteiger charge is -2.21. The number of hydrogen-bond acceptors (Lipinski definition) is 2. The number of amides is 1. The lowest BCUT2D eigenvalue weighted by Crippen LogP contribution is -2.45. The summed E-state index contributed by atoms with van der Waals surface area (Å²) in [5.74, 6) is 0.197. The van der Waals surface area contributed by atoms with Gasteiger partial charge in [0.15, 0.2) is 0 Å². The maximum Gasteiger partial charge on any atom is 0.237 e. The van der Waals surface area contributed by atoms with E-state index < -0.39 is 0 Å². The van der Waals surface area contributed by atoms with Crippen LogP contribution < -0.4 is 10.6 Å². The van der Waals surface area contributed by atoms with E-state index in [2.05, 4.69) is 22.8 Å². The molecule has 78 valence electrons. The minimum atomic E-state index is 0.0703. The van der Waals surface area contributed by atoms with Crippen molar-refractivity contribution in [3.63, 3.8) is 0 Å². The smallest absolute Gasteiger partial charge is 0.237 e. The number of hydrogen-bond donors (Lipinski definition) is 2. The molecule has 2 atom stereocenters. The Kier molecular flexibility index (Phi) is 3.19. The summed E-state index contributed by atoms with van der Waals surface area (Å²) in [4.78, 5) is 11.7. The fraction of sp³-hybridized carbons (Fsp3) is 0.727. The molecule has 2 aliphatic rings. The number of carbonyl (C=O) groups is 1. The SMILES string of the molecule is O=C(NC1CC=CCC1)C1CCCN1. The van der Waals surface area contributed by atoms with Crippen molar-refractivity contribution in [1.82, 2.24) is 10.6 Å². The maximum atomic E-state index is 11.7. The van der Waals surface area contributed by atoms with Crippen molar-refractivity contribution in [1.29, 1.82) is 0 Å². The highest BCUT2D eigenvalue weighted by molar-refractivity contribution is 5.82. The molecule has 1 fully saturated rings. The first kappa shape index (κ1) is 9.71. The molecule has 2 N–H and O–H groups in total. The van der Waals surface area contributed by atoms with Crippen LogP contribution in [0.2, 0.25) is 0 Å². The van der Waals surface area contributed by atoms with Crippen molar-refractivity contribution in [2.45, 2.75) is 44.2 Å². The van der Waals surface area contributed by atoms with E-state index >= 15 is 0 Å². The van der Waals surface area contributed by atoms with Gasteiger partial charge in [0.1, 0.15) is 0 Å². The summed E-state index contributed by atoms with van der Waals surface area (Å²) in [5, 5.41) is 6.32. The number of rotatable bonds is 2. The van der Waals surface area contributed by atoms with Crippen LogP contribution in [0.15, 0.2) is 12.2 Å². The second-order valence-electron chi connectivity index (χ2n) is 4.14. The van der Waals surface area contributed by atoms with Crippen LogP contribution in [0.1, 0.15) is 32.1 Å². The summed E-state index contributed by atoms with van der Waals surface area (Å²) in [5.41, 5.74) is 0. The molecule has 1 heterocycles. The van der Waals surface area contributed by atoms with E-state index in [1.165, 1.54) is 0 Å². The molecule has 3 nitrogen and oxygen atoms in total. The molecule has 0 bridgehead atoms. The number of allylic oxidation sites excluding steroid dienone is 1. The van der Waals surface area contributed by atoms with Gasteiger partial charge in [0.25, 0.3) is 0 Å². The van der Waals surface area contributed by atoms with E-state index in [4.69, 9.17) is 0 Å². The zero-order valence-corrected chi connectivity index (χ0v) is 8.46. The highest BCUT2D eigenvalue weighted by Gasteiger charge is 2.23. The first-order chi connectivity index (χ1) is 6.86. The van der Waals surface area contributed by atoms with Gasteiger partial charge in [-0.15, -0.1) is 0 Å². The fourth-order valence-corrected chi connectivity index (χ4v) is 2.13. The van der Waals surface area contributed by atoms with E-state index in [0.717, 1.165) is 38.6 Å². The molecular weight excluding hydrogens is 176 g/mol. The molecular formula is C11H18N2O. The van der Waals surface area contributed by atoms with E-state index in [1.54, 1.807) is 0 Å². The summed E-state index contributed by atoms with van der Waals surface area (Å²) in [6.45, 7) is 0.989. The van der Waals surface area contributed by atoms with Crippen molar-refractivity contribution in [3.8, 4) is 0 Å². The van der Waals surface area contributed by atoms with Crippen LogP contribution in [0.5, 0.6) is 0 Å². The molecule has 1 aliphatic heterocycles. The van der Waals surface area contributed by atoms with E-state index in [9.17, 15) is 4.79 Å². The second-order valence-corrected chi connectivity index (χ2v) is 4.14. The van der Waals surface area contributed by atoms with Gasteiger partial charge in [-0.1, -0.05) is 12.2 Å². The molecule has 1 amide bonds. The Morgan fingerprint density at radius 2 is 2.29 bits per heavy atom. The Balaban J connectivity index is 1.78. The molecule has 0 aromatic rings.